The van der Waals surface area contributed by atoms with Crippen LogP contribution in [0.2, 0.25) is 0 Å². The molecule has 0 bridgehead atoms. The minimum atomic E-state index is -0.786. The van der Waals surface area contributed by atoms with Gasteiger partial charge >= 0.3 is 0 Å². The zero-order valence-corrected chi connectivity index (χ0v) is 10.0. The number of hydrogen-bond acceptors (Lipinski definition) is 3. The van der Waals surface area contributed by atoms with E-state index in [1.807, 2.05) is 30.3 Å². The Hall–Kier alpha value is -1.32. The van der Waals surface area contributed by atoms with Crippen molar-refractivity contribution in [3.05, 3.63) is 36.1 Å². The summed E-state index contributed by atoms with van der Waals surface area (Å²) in [5.74, 6) is 0.715. The molecular weight excluding hydrogens is 214 g/mol. The van der Waals surface area contributed by atoms with E-state index < -0.39 is 5.60 Å². The fraction of sp³-hybridized carbons (Fsp3) is 0.429. The summed E-state index contributed by atoms with van der Waals surface area (Å²) in [5.41, 5.74) is 0.0702. The van der Waals surface area contributed by atoms with E-state index in [2.05, 4.69) is 11.9 Å². The summed E-state index contributed by atoms with van der Waals surface area (Å²) in [6.45, 7) is 1.82. The van der Waals surface area contributed by atoms with E-state index in [4.69, 9.17) is 4.42 Å². The molecule has 3 nitrogen and oxygen atoms in total. The molecule has 3 rings (SSSR count). The highest BCUT2D eigenvalue weighted by Crippen LogP contribution is 2.35. The Morgan fingerprint density at radius 1 is 1.24 bits per heavy atom. The summed E-state index contributed by atoms with van der Waals surface area (Å²) < 4.78 is 5.78. The molecule has 0 spiro atoms. The van der Waals surface area contributed by atoms with Crippen LogP contribution in [0, 0.1) is 0 Å². The maximum Gasteiger partial charge on any atom is 0.136 e. The number of hydrogen-bond donors (Lipinski definition) is 1. The molecule has 3 heteroatoms. The monoisotopic (exact) mass is 231 g/mol. The molecule has 1 aliphatic rings. The predicted octanol–water partition coefficient (Wildman–Crippen LogP) is 2.35. The van der Waals surface area contributed by atoms with Gasteiger partial charge in [-0.3, -0.25) is 0 Å². The normalized spacial score (nSPS) is 20.8. The van der Waals surface area contributed by atoms with Crippen molar-refractivity contribution in [2.24, 2.45) is 0 Å². The zero-order valence-electron chi connectivity index (χ0n) is 10.0. The van der Waals surface area contributed by atoms with Crippen LogP contribution in [0.15, 0.2) is 34.7 Å². The number of piperidine rings is 1. The van der Waals surface area contributed by atoms with Crippen LogP contribution in [0.4, 0.5) is 0 Å². The summed E-state index contributed by atoms with van der Waals surface area (Å²) in [4.78, 5) is 2.23. The fourth-order valence-electron chi connectivity index (χ4n) is 2.45. The van der Waals surface area contributed by atoms with Crippen LogP contribution in [0.5, 0.6) is 0 Å². The quantitative estimate of drug-likeness (QED) is 0.818. The van der Waals surface area contributed by atoms with E-state index in [1.165, 1.54) is 0 Å². The first kappa shape index (κ1) is 10.8. The second kappa shape index (κ2) is 3.86. The average molecular weight is 231 g/mol. The van der Waals surface area contributed by atoms with E-state index in [1.54, 1.807) is 0 Å². The highest BCUT2D eigenvalue weighted by molar-refractivity contribution is 5.77. The lowest BCUT2D eigenvalue weighted by Gasteiger charge is -2.34. The molecule has 90 valence electrons. The van der Waals surface area contributed by atoms with Gasteiger partial charge in [0.15, 0.2) is 0 Å². The van der Waals surface area contributed by atoms with E-state index >= 15 is 0 Å². The Morgan fingerprint density at radius 3 is 2.65 bits per heavy atom. The van der Waals surface area contributed by atoms with Gasteiger partial charge in [0.25, 0.3) is 0 Å². The maximum atomic E-state index is 10.6. The minimum absolute atomic E-state index is 0.715. The van der Waals surface area contributed by atoms with Gasteiger partial charge in [-0.05, 0) is 32.0 Å². The first-order valence-electron chi connectivity index (χ1n) is 6.07. The van der Waals surface area contributed by atoms with E-state index in [0.29, 0.717) is 5.76 Å². The van der Waals surface area contributed by atoms with Gasteiger partial charge in [-0.25, -0.2) is 0 Å². The number of para-hydroxylation sites is 1. The van der Waals surface area contributed by atoms with Crippen molar-refractivity contribution in [1.29, 1.82) is 0 Å². The zero-order chi connectivity index (χ0) is 11.9. The average Bonchev–Trinajstić information content (AvgIpc) is 2.77. The Balaban J connectivity index is 1.97. The van der Waals surface area contributed by atoms with Crippen molar-refractivity contribution in [3.63, 3.8) is 0 Å². The molecular formula is C14H17NO2. The molecule has 0 unspecified atom stereocenters. The minimum Gasteiger partial charge on any atom is -0.458 e. The van der Waals surface area contributed by atoms with Crippen LogP contribution in [-0.2, 0) is 5.60 Å². The molecule has 2 heterocycles. The first-order chi connectivity index (χ1) is 8.17. The third kappa shape index (κ3) is 1.85. The van der Waals surface area contributed by atoms with Crippen LogP contribution in [0.3, 0.4) is 0 Å². The molecule has 1 fully saturated rings. The van der Waals surface area contributed by atoms with E-state index in [9.17, 15) is 5.11 Å². The number of aliphatic hydroxyl groups is 1. The van der Waals surface area contributed by atoms with Gasteiger partial charge in [0.1, 0.15) is 16.9 Å². The van der Waals surface area contributed by atoms with Crippen LogP contribution in [0.25, 0.3) is 11.0 Å². The molecule has 0 amide bonds. The summed E-state index contributed by atoms with van der Waals surface area (Å²) in [7, 11) is 2.08. The molecule has 2 aromatic rings. The van der Waals surface area contributed by atoms with Crippen molar-refractivity contribution < 1.29 is 9.52 Å². The standard InChI is InChI=1S/C14H17NO2/c1-15-8-6-14(16,7-9-15)13-10-11-4-2-3-5-12(11)17-13/h2-5,10,16H,6-9H2,1H3. The second-order valence-corrected chi connectivity index (χ2v) is 4.98. The smallest absolute Gasteiger partial charge is 0.136 e. The van der Waals surface area contributed by atoms with Gasteiger partial charge in [-0.15, -0.1) is 0 Å². The molecule has 0 aliphatic carbocycles. The maximum absolute atomic E-state index is 10.6. The molecule has 1 aliphatic heterocycles. The predicted molar refractivity (Wildman–Crippen MR) is 66.8 cm³/mol. The highest BCUT2D eigenvalue weighted by Gasteiger charge is 2.36. The van der Waals surface area contributed by atoms with Crippen molar-refractivity contribution in [1.82, 2.24) is 4.90 Å². The molecule has 0 atom stereocenters. The SMILES string of the molecule is CN1CCC(O)(c2cc3ccccc3o2)CC1. The van der Waals surface area contributed by atoms with Crippen LogP contribution < -0.4 is 0 Å². The second-order valence-electron chi connectivity index (χ2n) is 4.98. The molecule has 1 saturated heterocycles. The van der Waals surface area contributed by atoms with Gasteiger partial charge in [-0.2, -0.15) is 0 Å². The number of fused-ring (bicyclic) bond motifs is 1. The van der Waals surface area contributed by atoms with Crippen molar-refractivity contribution in [2.75, 3.05) is 20.1 Å². The summed E-state index contributed by atoms with van der Waals surface area (Å²) in [6.07, 6.45) is 1.48. The molecule has 1 N–H and O–H groups in total. The first-order valence-corrected chi connectivity index (χ1v) is 6.07. The van der Waals surface area contributed by atoms with E-state index in [0.717, 1.165) is 36.9 Å². The Bertz CT molecular complexity index is 491. The number of rotatable bonds is 1. The Kier molecular flexibility index (Phi) is 2.45. The van der Waals surface area contributed by atoms with Crippen molar-refractivity contribution in [3.8, 4) is 0 Å². The van der Waals surface area contributed by atoms with Gasteiger partial charge in [0, 0.05) is 18.5 Å². The molecule has 17 heavy (non-hydrogen) atoms. The topological polar surface area (TPSA) is 36.6 Å². The third-order valence-electron chi connectivity index (χ3n) is 3.70. The Morgan fingerprint density at radius 2 is 1.94 bits per heavy atom. The number of likely N-dealkylation sites (tertiary alicyclic amines) is 1. The molecule has 0 radical (unpaired) electrons. The van der Waals surface area contributed by atoms with Crippen molar-refractivity contribution >= 4 is 11.0 Å². The van der Waals surface area contributed by atoms with Gasteiger partial charge in [0.2, 0.25) is 0 Å². The van der Waals surface area contributed by atoms with Crippen LogP contribution >= 0.6 is 0 Å². The van der Waals surface area contributed by atoms with Crippen LogP contribution in [-0.4, -0.2) is 30.1 Å². The Labute approximate surface area is 101 Å². The lowest BCUT2D eigenvalue weighted by atomic mass is 9.89. The molecule has 1 aromatic carbocycles. The van der Waals surface area contributed by atoms with Crippen LogP contribution in [0.1, 0.15) is 18.6 Å². The molecule has 0 saturated carbocycles. The fourth-order valence-corrected chi connectivity index (χ4v) is 2.45. The summed E-state index contributed by atoms with van der Waals surface area (Å²) >= 11 is 0. The number of nitrogens with zero attached hydrogens (tertiary/aromatic N) is 1. The number of furan rings is 1. The molecule has 1 aromatic heterocycles. The summed E-state index contributed by atoms with van der Waals surface area (Å²) in [5, 5.41) is 11.7. The van der Waals surface area contributed by atoms with Gasteiger partial charge in [0.05, 0.1) is 0 Å². The summed E-state index contributed by atoms with van der Waals surface area (Å²) in [6, 6.07) is 9.87. The van der Waals surface area contributed by atoms with Gasteiger partial charge in [-0.1, -0.05) is 18.2 Å². The number of benzene rings is 1. The lowest BCUT2D eigenvalue weighted by molar-refractivity contribution is -0.0360. The third-order valence-corrected chi connectivity index (χ3v) is 3.70. The van der Waals surface area contributed by atoms with E-state index in [-0.39, 0.29) is 0 Å². The largest absolute Gasteiger partial charge is 0.458 e. The van der Waals surface area contributed by atoms with Gasteiger partial charge < -0.3 is 14.4 Å². The lowest BCUT2D eigenvalue weighted by Crippen LogP contribution is -2.40. The van der Waals surface area contributed by atoms with Crippen molar-refractivity contribution in [2.45, 2.75) is 18.4 Å². The highest BCUT2D eigenvalue weighted by atomic mass is 16.4.